The normalized spacial score (nSPS) is 11.2. The average molecular weight is 326 g/mol. The number of allylic oxidation sites excluding steroid dienone is 1. The molecule has 0 bridgehead atoms. The van der Waals surface area contributed by atoms with E-state index in [0.717, 1.165) is 25.7 Å². The molecule has 0 aliphatic heterocycles. The first-order valence-electron chi connectivity index (χ1n) is 9.11. The summed E-state index contributed by atoms with van der Waals surface area (Å²) in [5.74, 6) is 0. The molecule has 0 atom stereocenters. The minimum Gasteiger partial charge on any atom is -0.103 e. The van der Waals surface area contributed by atoms with Gasteiger partial charge in [-0.3, -0.25) is 0 Å². The van der Waals surface area contributed by atoms with Crippen LogP contribution in [0.1, 0.15) is 36.0 Å². The van der Waals surface area contributed by atoms with E-state index in [2.05, 4.69) is 97.6 Å². The summed E-state index contributed by atoms with van der Waals surface area (Å²) in [6.07, 6.45) is 6.31. The molecule has 0 aliphatic carbocycles. The van der Waals surface area contributed by atoms with Crippen molar-refractivity contribution in [1.29, 1.82) is 0 Å². The maximum Gasteiger partial charge on any atom is 0.0209 e. The zero-order chi connectivity index (χ0) is 17.4. The third kappa shape index (κ3) is 4.09. The second-order valence-corrected chi connectivity index (χ2v) is 6.63. The van der Waals surface area contributed by atoms with Gasteiger partial charge in [-0.05, 0) is 42.4 Å². The van der Waals surface area contributed by atoms with Crippen LogP contribution in [0.5, 0.6) is 0 Å². The van der Waals surface area contributed by atoms with Gasteiger partial charge in [-0.15, -0.1) is 6.58 Å². The van der Waals surface area contributed by atoms with Gasteiger partial charge in [-0.2, -0.15) is 0 Å². The van der Waals surface area contributed by atoms with Crippen LogP contribution in [-0.2, 0) is 11.8 Å². The number of aryl methyl sites for hydroxylation is 1. The van der Waals surface area contributed by atoms with Gasteiger partial charge in [0.25, 0.3) is 0 Å². The standard InChI is InChI=1S/C25H26/c1-2-3-20-25(23-15-9-5-10-16-23,24-17-11-6-12-18-24)21-19-22-13-7-4-8-14-22/h2,4-18H,1,3,19-21H2. The maximum atomic E-state index is 3.97. The molecule has 0 nitrogen and oxygen atoms in total. The lowest BCUT2D eigenvalue weighted by molar-refractivity contribution is 0.440. The molecule has 3 aromatic rings. The fourth-order valence-electron chi connectivity index (χ4n) is 3.73. The van der Waals surface area contributed by atoms with Crippen LogP contribution in [0.25, 0.3) is 0 Å². The molecule has 0 saturated carbocycles. The van der Waals surface area contributed by atoms with Gasteiger partial charge < -0.3 is 0 Å². The van der Waals surface area contributed by atoms with Crippen LogP contribution in [0.15, 0.2) is 104 Å². The van der Waals surface area contributed by atoms with Crippen molar-refractivity contribution in [2.45, 2.75) is 31.1 Å². The van der Waals surface area contributed by atoms with E-state index in [0.29, 0.717) is 0 Å². The highest BCUT2D eigenvalue weighted by Crippen LogP contribution is 2.41. The molecule has 0 aromatic heterocycles. The third-order valence-electron chi connectivity index (χ3n) is 5.11. The van der Waals surface area contributed by atoms with Gasteiger partial charge in [0.2, 0.25) is 0 Å². The largest absolute Gasteiger partial charge is 0.103 e. The lowest BCUT2D eigenvalue weighted by atomic mass is 9.68. The predicted molar refractivity (Wildman–Crippen MR) is 108 cm³/mol. The molecule has 0 amide bonds. The fourth-order valence-corrected chi connectivity index (χ4v) is 3.73. The van der Waals surface area contributed by atoms with E-state index in [4.69, 9.17) is 0 Å². The Morgan fingerprint density at radius 1 is 0.640 bits per heavy atom. The number of hydrogen-bond acceptors (Lipinski definition) is 0. The van der Waals surface area contributed by atoms with Crippen molar-refractivity contribution < 1.29 is 0 Å². The second kappa shape index (κ2) is 8.48. The molecule has 0 radical (unpaired) electrons. The van der Waals surface area contributed by atoms with Crippen molar-refractivity contribution in [3.63, 3.8) is 0 Å². The topological polar surface area (TPSA) is 0 Å². The first kappa shape index (κ1) is 17.2. The van der Waals surface area contributed by atoms with Gasteiger partial charge in [0.15, 0.2) is 0 Å². The summed E-state index contributed by atoms with van der Waals surface area (Å²) in [4.78, 5) is 0. The van der Waals surface area contributed by atoms with E-state index in [9.17, 15) is 0 Å². The molecule has 0 N–H and O–H groups in total. The van der Waals surface area contributed by atoms with E-state index in [1.807, 2.05) is 6.08 Å². The first-order valence-corrected chi connectivity index (χ1v) is 9.11. The molecule has 0 heterocycles. The summed E-state index contributed by atoms with van der Waals surface area (Å²) in [6, 6.07) is 32.8. The summed E-state index contributed by atoms with van der Waals surface area (Å²) in [6.45, 7) is 3.97. The summed E-state index contributed by atoms with van der Waals surface area (Å²) in [7, 11) is 0. The molecule has 0 heteroatoms. The Morgan fingerprint density at radius 3 is 1.60 bits per heavy atom. The van der Waals surface area contributed by atoms with Crippen LogP contribution in [0.3, 0.4) is 0 Å². The molecular formula is C25H26. The summed E-state index contributed by atoms with van der Waals surface area (Å²) in [5, 5.41) is 0. The lowest BCUT2D eigenvalue weighted by Crippen LogP contribution is -2.28. The number of hydrogen-bond donors (Lipinski definition) is 0. The highest BCUT2D eigenvalue weighted by Gasteiger charge is 2.32. The van der Waals surface area contributed by atoms with Crippen LogP contribution in [0.4, 0.5) is 0 Å². The highest BCUT2D eigenvalue weighted by atomic mass is 14.4. The summed E-state index contributed by atoms with van der Waals surface area (Å²) >= 11 is 0. The van der Waals surface area contributed by atoms with E-state index in [-0.39, 0.29) is 5.41 Å². The molecule has 126 valence electrons. The lowest BCUT2D eigenvalue weighted by Gasteiger charge is -2.35. The van der Waals surface area contributed by atoms with E-state index in [1.165, 1.54) is 16.7 Å². The summed E-state index contributed by atoms with van der Waals surface area (Å²) in [5.41, 5.74) is 4.22. The van der Waals surface area contributed by atoms with Gasteiger partial charge in [-0.1, -0.05) is 97.1 Å². The number of rotatable bonds is 8. The molecule has 3 rings (SSSR count). The van der Waals surface area contributed by atoms with Gasteiger partial charge in [0.05, 0.1) is 0 Å². The molecule has 0 aliphatic rings. The Hall–Kier alpha value is -2.60. The Morgan fingerprint density at radius 2 is 1.12 bits per heavy atom. The smallest absolute Gasteiger partial charge is 0.0209 e. The van der Waals surface area contributed by atoms with E-state index < -0.39 is 0 Å². The molecule has 0 saturated heterocycles. The monoisotopic (exact) mass is 326 g/mol. The van der Waals surface area contributed by atoms with Crippen LogP contribution >= 0.6 is 0 Å². The van der Waals surface area contributed by atoms with Crippen LogP contribution in [-0.4, -0.2) is 0 Å². The van der Waals surface area contributed by atoms with Gasteiger partial charge in [0.1, 0.15) is 0 Å². The SMILES string of the molecule is C=CCCC(CCc1ccccc1)(c1ccccc1)c1ccccc1. The van der Waals surface area contributed by atoms with Crippen molar-refractivity contribution in [1.82, 2.24) is 0 Å². The fraction of sp³-hybridized carbons (Fsp3) is 0.200. The number of benzene rings is 3. The molecule has 0 spiro atoms. The Kier molecular flexibility index (Phi) is 5.85. The molecule has 25 heavy (non-hydrogen) atoms. The quantitative estimate of drug-likeness (QED) is 0.411. The third-order valence-corrected chi connectivity index (χ3v) is 5.11. The zero-order valence-corrected chi connectivity index (χ0v) is 14.8. The average Bonchev–Trinajstić information content (AvgIpc) is 2.71. The van der Waals surface area contributed by atoms with Crippen molar-refractivity contribution in [3.8, 4) is 0 Å². The maximum absolute atomic E-state index is 3.97. The molecular weight excluding hydrogens is 300 g/mol. The minimum absolute atomic E-state index is 0.0204. The Balaban J connectivity index is 2.02. The van der Waals surface area contributed by atoms with Gasteiger partial charge in [0, 0.05) is 5.41 Å². The van der Waals surface area contributed by atoms with Crippen molar-refractivity contribution >= 4 is 0 Å². The van der Waals surface area contributed by atoms with E-state index in [1.54, 1.807) is 0 Å². The van der Waals surface area contributed by atoms with Crippen molar-refractivity contribution in [2.75, 3.05) is 0 Å². The highest BCUT2D eigenvalue weighted by molar-refractivity contribution is 5.40. The Labute approximate surface area is 151 Å². The molecule has 0 unspecified atom stereocenters. The van der Waals surface area contributed by atoms with Crippen LogP contribution in [0, 0.1) is 0 Å². The molecule has 0 fully saturated rings. The minimum atomic E-state index is 0.0204. The Bertz CT molecular complexity index is 717. The second-order valence-electron chi connectivity index (χ2n) is 6.63. The van der Waals surface area contributed by atoms with Crippen LogP contribution in [0.2, 0.25) is 0 Å². The first-order chi connectivity index (χ1) is 12.3. The predicted octanol–water partition coefficient (Wildman–Crippen LogP) is 6.57. The van der Waals surface area contributed by atoms with Gasteiger partial charge >= 0.3 is 0 Å². The van der Waals surface area contributed by atoms with E-state index >= 15 is 0 Å². The summed E-state index contributed by atoms with van der Waals surface area (Å²) < 4.78 is 0. The van der Waals surface area contributed by atoms with Crippen molar-refractivity contribution in [3.05, 3.63) is 120 Å². The molecule has 3 aromatic carbocycles. The van der Waals surface area contributed by atoms with Crippen molar-refractivity contribution in [2.24, 2.45) is 0 Å². The van der Waals surface area contributed by atoms with Gasteiger partial charge in [-0.25, -0.2) is 0 Å². The van der Waals surface area contributed by atoms with Crippen LogP contribution < -0.4 is 0 Å². The zero-order valence-electron chi connectivity index (χ0n) is 14.8.